The summed E-state index contributed by atoms with van der Waals surface area (Å²) in [6.45, 7) is 1.51. The molecule has 2 aromatic carbocycles. The maximum Gasteiger partial charge on any atom is 0.194 e. The first-order valence-corrected chi connectivity index (χ1v) is 7.36. The lowest BCUT2D eigenvalue weighted by atomic mass is 10.0. The zero-order valence-corrected chi connectivity index (χ0v) is 13.0. The number of aliphatic hydroxyl groups excluding tert-OH is 1. The van der Waals surface area contributed by atoms with Crippen molar-refractivity contribution < 1.29 is 14.2 Å². The van der Waals surface area contributed by atoms with Gasteiger partial charge in [-0.15, -0.1) is 0 Å². The van der Waals surface area contributed by atoms with Gasteiger partial charge in [0.05, 0.1) is 18.1 Å². The van der Waals surface area contributed by atoms with Crippen LogP contribution in [0.15, 0.2) is 54.9 Å². The van der Waals surface area contributed by atoms with Crippen LogP contribution in [0, 0.1) is 5.82 Å². The molecule has 6 heteroatoms. The van der Waals surface area contributed by atoms with Crippen LogP contribution in [0.2, 0.25) is 0 Å². The molecule has 0 aliphatic rings. The zero-order valence-electron chi connectivity index (χ0n) is 13.0. The second-order valence-electron chi connectivity index (χ2n) is 5.23. The van der Waals surface area contributed by atoms with Gasteiger partial charge in [-0.2, -0.15) is 0 Å². The first kappa shape index (κ1) is 15.9. The quantitative estimate of drug-likeness (QED) is 0.720. The van der Waals surface area contributed by atoms with Crippen LogP contribution in [-0.4, -0.2) is 21.4 Å². The molecule has 5 nitrogen and oxygen atoms in total. The molecular formula is C18H16FN3O2. The number of para-hydroxylation sites is 1. The number of aromatic nitrogens is 2. The van der Waals surface area contributed by atoms with Crippen LogP contribution < -0.4 is 10.5 Å². The Morgan fingerprint density at radius 2 is 1.88 bits per heavy atom. The van der Waals surface area contributed by atoms with E-state index in [0.717, 1.165) is 0 Å². The van der Waals surface area contributed by atoms with Crippen LogP contribution in [0.3, 0.4) is 0 Å². The van der Waals surface area contributed by atoms with Crippen molar-refractivity contribution in [1.82, 2.24) is 9.97 Å². The molecule has 0 radical (unpaired) electrons. The Kier molecular flexibility index (Phi) is 4.39. The van der Waals surface area contributed by atoms with Gasteiger partial charge in [-0.25, -0.2) is 9.37 Å². The molecule has 0 aliphatic heterocycles. The van der Waals surface area contributed by atoms with Crippen molar-refractivity contribution in [1.29, 1.82) is 0 Å². The van der Waals surface area contributed by atoms with Crippen molar-refractivity contribution in [3.05, 3.63) is 60.7 Å². The number of nitrogens with zero attached hydrogens (tertiary/aromatic N) is 2. The molecular weight excluding hydrogens is 309 g/mol. The van der Waals surface area contributed by atoms with Crippen LogP contribution in [0.4, 0.5) is 10.2 Å². The van der Waals surface area contributed by atoms with Gasteiger partial charge < -0.3 is 15.6 Å². The van der Waals surface area contributed by atoms with E-state index >= 15 is 0 Å². The topological polar surface area (TPSA) is 81.3 Å². The fourth-order valence-corrected chi connectivity index (χ4v) is 2.36. The SMILES string of the molecule is CC(O)Oc1ccccc1-c1ccc(-c2cnc(N)cn2)c(F)c1. The molecule has 1 atom stereocenters. The highest BCUT2D eigenvalue weighted by molar-refractivity contribution is 5.73. The number of hydrogen-bond acceptors (Lipinski definition) is 5. The van der Waals surface area contributed by atoms with E-state index in [-0.39, 0.29) is 5.82 Å². The third kappa shape index (κ3) is 3.33. The monoisotopic (exact) mass is 325 g/mol. The second-order valence-corrected chi connectivity index (χ2v) is 5.23. The number of nitrogen functional groups attached to an aromatic ring is 1. The summed E-state index contributed by atoms with van der Waals surface area (Å²) in [5, 5.41) is 9.43. The van der Waals surface area contributed by atoms with Crippen LogP contribution in [-0.2, 0) is 0 Å². The third-order valence-corrected chi connectivity index (χ3v) is 3.41. The van der Waals surface area contributed by atoms with Gasteiger partial charge in [-0.3, -0.25) is 4.98 Å². The Hall–Kier alpha value is -2.99. The van der Waals surface area contributed by atoms with Crippen molar-refractivity contribution in [3.8, 4) is 28.1 Å². The number of anilines is 1. The second kappa shape index (κ2) is 6.64. The summed E-state index contributed by atoms with van der Waals surface area (Å²) >= 11 is 0. The van der Waals surface area contributed by atoms with Crippen molar-refractivity contribution in [2.24, 2.45) is 0 Å². The molecule has 1 unspecified atom stereocenters. The fourth-order valence-electron chi connectivity index (χ4n) is 2.36. The number of aliphatic hydroxyl groups is 1. The summed E-state index contributed by atoms with van der Waals surface area (Å²) in [4.78, 5) is 8.01. The molecule has 0 bridgehead atoms. The van der Waals surface area contributed by atoms with E-state index in [1.54, 1.807) is 30.3 Å². The average Bonchev–Trinajstić information content (AvgIpc) is 2.56. The molecule has 122 valence electrons. The maximum absolute atomic E-state index is 14.5. The first-order chi connectivity index (χ1) is 11.5. The Morgan fingerprint density at radius 3 is 2.54 bits per heavy atom. The maximum atomic E-state index is 14.5. The highest BCUT2D eigenvalue weighted by Gasteiger charge is 2.12. The summed E-state index contributed by atoms with van der Waals surface area (Å²) in [5.41, 5.74) is 7.56. The molecule has 0 saturated carbocycles. The van der Waals surface area contributed by atoms with Crippen molar-refractivity contribution in [2.75, 3.05) is 5.73 Å². The summed E-state index contributed by atoms with van der Waals surface area (Å²) in [6.07, 6.45) is 1.85. The largest absolute Gasteiger partial charge is 0.465 e. The first-order valence-electron chi connectivity index (χ1n) is 7.36. The highest BCUT2D eigenvalue weighted by atomic mass is 19.1. The average molecular weight is 325 g/mol. The van der Waals surface area contributed by atoms with Gasteiger partial charge in [0.15, 0.2) is 6.29 Å². The van der Waals surface area contributed by atoms with Crippen molar-refractivity contribution in [2.45, 2.75) is 13.2 Å². The lowest BCUT2D eigenvalue weighted by molar-refractivity contribution is 0.000143. The van der Waals surface area contributed by atoms with E-state index in [1.807, 2.05) is 6.07 Å². The van der Waals surface area contributed by atoms with E-state index in [1.165, 1.54) is 25.4 Å². The van der Waals surface area contributed by atoms with Gasteiger partial charge in [0, 0.05) is 11.1 Å². The smallest absolute Gasteiger partial charge is 0.194 e. The number of nitrogens with two attached hydrogens (primary N) is 1. The zero-order chi connectivity index (χ0) is 17.1. The minimum absolute atomic E-state index is 0.278. The number of halogens is 1. The van der Waals surface area contributed by atoms with E-state index in [9.17, 15) is 9.50 Å². The number of rotatable bonds is 4. The van der Waals surface area contributed by atoms with Gasteiger partial charge in [0.1, 0.15) is 17.4 Å². The summed E-state index contributed by atoms with van der Waals surface area (Å²) in [7, 11) is 0. The molecule has 0 fully saturated rings. The molecule has 24 heavy (non-hydrogen) atoms. The fraction of sp³-hybridized carbons (Fsp3) is 0.111. The van der Waals surface area contributed by atoms with Crippen LogP contribution in [0.1, 0.15) is 6.92 Å². The predicted octanol–water partition coefficient (Wildman–Crippen LogP) is 3.25. The summed E-state index contributed by atoms with van der Waals surface area (Å²) < 4.78 is 19.9. The molecule has 0 aliphatic carbocycles. The molecule has 3 aromatic rings. The van der Waals surface area contributed by atoms with E-state index in [2.05, 4.69) is 9.97 Å². The minimum atomic E-state index is -0.958. The Morgan fingerprint density at radius 1 is 1.08 bits per heavy atom. The molecule has 1 heterocycles. The lowest BCUT2D eigenvalue weighted by Crippen LogP contribution is -2.10. The van der Waals surface area contributed by atoms with Gasteiger partial charge in [0.25, 0.3) is 0 Å². The standard InChI is InChI=1S/C18H16FN3O2/c1-11(23)24-17-5-3-2-4-13(17)12-6-7-14(15(19)8-12)16-9-22-18(20)10-21-16/h2-11,23H,1H3,(H2,20,22). The van der Waals surface area contributed by atoms with Gasteiger partial charge in [0.2, 0.25) is 0 Å². The molecule has 1 aromatic heterocycles. The third-order valence-electron chi connectivity index (χ3n) is 3.41. The number of benzene rings is 2. The Bertz CT molecular complexity index is 851. The molecule has 3 N–H and O–H groups in total. The highest BCUT2D eigenvalue weighted by Crippen LogP contribution is 2.33. The minimum Gasteiger partial charge on any atom is -0.465 e. The number of hydrogen-bond donors (Lipinski definition) is 2. The van der Waals surface area contributed by atoms with E-state index < -0.39 is 12.1 Å². The lowest BCUT2D eigenvalue weighted by Gasteiger charge is -2.14. The van der Waals surface area contributed by atoms with E-state index in [4.69, 9.17) is 10.5 Å². The normalized spacial score (nSPS) is 12.0. The predicted molar refractivity (Wildman–Crippen MR) is 89.6 cm³/mol. The molecule has 0 saturated heterocycles. The molecule has 3 rings (SSSR count). The Labute approximate surface area is 138 Å². The van der Waals surface area contributed by atoms with Gasteiger partial charge in [-0.1, -0.05) is 24.3 Å². The van der Waals surface area contributed by atoms with E-state index in [0.29, 0.717) is 28.1 Å². The van der Waals surface area contributed by atoms with Crippen LogP contribution in [0.25, 0.3) is 22.4 Å². The molecule has 0 amide bonds. The van der Waals surface area contributed by atoms with Crippen LogP contribution in [0.5, 0.6) is 5.75 Å². The van der Waals surface area contributed by atoms with Crippen molar-refractivity contribution in [3.63, 3.8) is 0 Å². The number of ether oxygens (including phenoxy) is 1. The van der Waals surface area contributed by atoms with Crippen molar-refractivity contribution >= 4 is 5.82 Å². The molecule has 0 spiro atoms. The summed E-state index contributed by atoms with van der Waals surface area (Å²) in [5.74, 6) is 0.324. The summed E-state index contributed by atoms with van der Waals surface area (Å²) in [6, 6.07) is 11.9. The Balaban J connectivity index is 2.00. The van der Waals surface area contributed by atoms with Gasteiger partial charge >= 0.3 is 0 Å². The van der Waals surface area contributed by atoms with Crippen LogP contribution >= 0.6 is 0 Å². The van der Waals surface area contributed by atoms with Gasteiger partial charge in [-0.05, 0) is 30.7 Å².